The highest BCUT2D eigenvalue weighted by atomic mass is 32.2. The summed E-state index contributed by atoms with van der Waals surface area (Å²) in [5, 5.41) is 3.38. The van der Waals surface area contributed by atoms with Crippen LogP contribution in [0.3, 0.4) is 0 Å². The van der Waals surface area contributed by atoms with E-state index in [9.17, 15) is 8.42 Å². The van der Waals surface area contributed by atoms with E-state index in [-0.39, 0.29) is 5.25 Å². The van der Waals surface area contributed by atoms with Crippen molar-refractivity contribution < 1.29 is 8.42 Å². The van der Waals surface area contributed by atoms with Gasteiger partial charge in [0.2, 0.25) is 0 Å². The van der Waals surface area contributed by atoms with Crippen molar-refractivity contribution in [2.24, 2.45) is 11.8 Å². The lowest BCUT2D eigenvalue weighted by Gasteiger charge is -2.33. The third-order valence-electron chi connectivity index (χ3n) is 4.70. The van der Waals surface area contributed by atoms with Crippen molar-refractivity contribution in [1.82, 2.24) is 5.32 Å². The molecule has 0 radical (unpaired) electrons. The Hall–Kier alpha value is -0.0900. The normalized spacial score (nSPS) is 41.5. The van der Waals surface area contributed by atoms with Gasteiger partial charge >= 0.3 is 0 Å². The second-order valence-electron chi connectivity index (χ2n) is 6.00. The molecule has 0 amide bonds. The summed E-state index contributed by atoms with van der Waals surface area (Å²) >= 11 is 0. The maximum atomic E-state index is 11.7. The molecule has 0 aromatic carbocycles. The smallest absolute Gasteiger partial charge is 0.154 e. The second kappa shape index (κ2) is 5.27. The summed E-state index contributed by atoms with van der Waals surface area (Å²) in [6.45, 7) is 5.31. The Morgan fingerprint density at radius 1 is 1.12 bits per heavy atom. The van der Waals surface area contributed by atoms with Gasteiger partial charge in [-0.15, -0.1) is 0 Å². The van der Waals surface area contributed by atoms with Crippen LogP contribution in [0.2, 0.25) is 0 Å². The molecule has 0 bridgehead atoms. The predicted molar refractivity (Wildman–Crippen MR) is 70.8 cm³/mol. The predicted octanol–water partition coefficient (Wildman–Crippen LogP) is 1.98. The van der Waals surface area contributed by atoms with Gasteiger partial charge in [0.15, 0.2) is 9.84 Å². The standard InChI is InChI=1S/C13H25NO2S/c1-10-5-6-12(8-11(10)2)14-9-13-4-3-7-17(13,15)16/h10-14H,3-9H2,1-2H3. The van der Waals surface area contributed by atoms with Crippen LogP contribution in [-0.2, 0) is 9.84 Å². The molecule has 17 heavy (non-hydrogen) atoms. The Bertz CT molecular complexity index is 352. The number of hydrogen-bond donors (Lipinski definition) is 1. The molecule has 2 fully saturated rings. The molecule has 1 N–H and O–H groups in total. The maximum Gasteiger partial charge on any atom is 0.154 e. The molecule has 1 heterocycles. The molecule has 1 saturated heterocycles. The molecule has 2 aliphatic rings. The van der Waals surface area contributed by atoms with Gasteiger partial charge in [0.05, 0.1) is 11.0 Å². The van der Waals surface area contributed by atoms with Crippen molar-refractivity contribution in [1.29, 1.82) is 0 Å². The van der Waals surface area contributed by atoms with Gasteiger partial charge < -0.3 is 5.32 Å². The summed E-state index contributed by atoms with van der Waals surface area (Å²) in [6.07, 6.45) is 5.39. The highest BCUT2D eigenvalue weighted by molar-refractivity contribution is 7.92. The molecule has 0 aromatic rings. The number of hydrogen-bond acceptors (Lipinski definition) is 3. The Morgan fingerprint density at radius 3 is 2.47 bits per heavy atom. The lowest BCUT2D eigenvalue weighted by Crippen LogP contribution is -2.41. The summed E-state index contributed by atoms with van der Waals surface area (Å²) < 4.78 is 23.4. The largest absolute Gasteiger partial charge is 0.313 e. The third kappa shape index (κ3) is 3.22. The van der Waals surface area contributed by atoms with Gasteiger partial charge in [0.25, 0.3) is 0 Å². The van der Waals surface area contributed by atoms with Crippen LogP contribution in [0.15, 0.2) is 0 Å². The average Bonchev–Trinajstić information content (AvgIpc) is 2.60. The van der Waals surface area contributed by atoms with Gasteiger partial charge in [0, 0.05) is 12.6 Å². The fourth-order valence-electron chi connectivity index (χ4n) is 3.12. The van der Waals surface area contributed by atoms with E-state index in [1.54, 1.807) is 0 Å². The number of rotatable bonds is 3. The first-order valence-electron chi connectivity index (χ1n) is 6.94. The first kappa shape index (κ1) is 13.3. The molecule has 2 rings (SSSR count). The van der Waals surface area contributed by atoms with Gasteiger partial charge in [-0.25, -0.2) is 8.42 Å². The quantitative estimate of drug-likeness (QED) is 0.843. The number of nitrogens with one attached hydrogen (secondary N) is 1. The maximum absolute atomic E-state index is 11.7. The van der Waals surface area contributed by atoms with E-state index >= 15 is 0 Å². The summed E-state index contributed by atoms with van der Waals surface area (Å²) in [4.78, 5) is 0. The highest BCUT2D eigenvalue weighted by Crippen LogP contribution is 2.29. The van der Waals surface area contributed by atoms with Crippen LogP contribution in [0.4, 0.5) is 0 Å². The molecule has 100 valence electrons. The minimum Gasteiger partial charge on any atom is -0.313 e. The molecule has 4 heteroatoms. The molecule has 1 aliphatic carbocycles. The van der Waals surface area contributed by atoms with E-state index in [0.717, 1.165) is 24.7 Å². The van der Waals surface area contributed by atoms with Crippen LogP contribution >= 0.6 is 0 Å². The molecule has 4 unspecified atom stereocenters. The monoisotopic (exact) mass is 259 g/mol. The van der Waals surface area contributed by atoms with E-state index < -0.39 is 9.84 Å². The Morgan fingerprint density at radius 2 is 1.88 bits per heavy atom. The summed E-state index contributed by atoms with van der Waals surface area (Å²) in [7, 11) is -2.77. The SMILES string of the molecule is CC1CCC(NCC2CCCS2(=O)=O)CC1C. The van der Waals surface area contributed by atoms with Gasteiger partial charge in [-0.3, -0.25) is 0 Å². The van der Waals surface area contributed by atoms with E-state index in [1.165, 1.54) is 19.3 Å². The van der Waals surface area contributed by atoms with Crippen molar-refractivity contribution in [2.45, 2.75) is 57.2 Å². The van der Waals surface area contributed by atoms with Crippen LogP contribution in [0, 0.1) is 11.8 Å². The minimum atomic E-state index is -2.77. The number of sulfone groups is 1. The zero-order chi connectivity index (χ0) is 12.5. The minimum absolute atomic E-state index is 0.114. The van der Waals surface area contributed by atoms with Gasteiger partial charge in [-0.1, -0.05) is 13.8 Å². The molecular formula is C13H25NO2S. The van der Waals surface area contributed by atoms with Crippen LogP contribution in [0.25, 0.3) is 0 Å². The van der Waals surface area contributed by atoms with Crippen LogP contribution < -0.4 is 5.32 Å². The topological polar surface area (TPSA) is 46.2 Å². The van der Waals surface area contributed by atoms with E-state index in [4.69, 9.17) is 0 Å². The summed E-state index contributed by atoms with van der Waals surface area (Å²) in [6, 6.07) is 0.539. The Kier molecular flexibility index (Phi) is 4.14. The van der Waals surface area contributed by atoms with E-state index in [2.05, 4.69) is 19.2 Å². The van der Waals surface area contributed by atoms with Crippen molar-refractivity contribution in [2.75, 3.05) is 12.3 Å². The zero-order valence-electron chi connectivity index (χ0n) is 11.0. The molecule has 1 aliphatic heterocycles. The molecule has 3 nitrogen and oxygen atoms in total. The van der Waals surface area contributed by atoms with E-state index in [1.807, 2.05) is 0 Å². The molecule has 4 atom stereocenters. The van der Waals surface area contributed by atoms with Crippen LogP contribution in [0.5, 0.6) is 0 Å². The lowest BCUT2D eigenvalue weighted by molar-refractivity contribution is 0.226. The Labute approximate surface area is 105 Å². The molecular weight excluding hydrogens is 234 g/mol. The summed E-state index contributed by atoms with van der Waals surface area (Å²) in [5.74, 6) is 1.99. The second-order valence-corrected chi connectivity index (χ2v) is 8.40. The highest BCUT2D eigenvalue weighted by Gasteiger charge is 2.32. The van der Waals surface area contributed by atoms with Gasteiger partial charge in [-0.2, -0.15) is 0 Å². The first-order valence-corrected chi connectivity index (χ1v) is 8.65. The van der Waals surface area contributed by atoms with Crippen LogP contribution in [-0.4, -0.2) is 32.0 Å². The fraction of sp³-hybridized carbons (Fsp3) is 1.00. The summed E-state index contributed by atoms with van der Waals surface area (Å²) in [5.41, 5.74) is 0. The first-order chi connectivity index (χ1) is 7.99. The van der Waals surface area contributed by atoms with Crippen molar-refractivity contribution in [3.05, 3.63) is 0 Å². The average molecular weight is 259 g/mol. The van der Waals surface area contributed by atoms with Gasteiger partial charge in [-0.05, 0) is 43.9 Å². The Balaban J connectivity index is 1.79. The van der Waals surface area contributed by atoms with Crippen molar-refractivity contribution in [3.8, 4) is 0 Å². The molecule has 0 aromatic heterocycles. The van der Waals surface area contributed by atoms with Crippen molar-refractivity contribution >= 4 is 9.84 Å². The molecule has 0 spiro atoms. The fourth-order valence-corrected chi connectivity index (χ4v) is 4.90. The van der Waals surface area contributed by atoms with E-state index in [0.29, 0.717) is 18.3 Å². The third-order valence-corrected chi connectivity index (χ3v) is 6.97. The zero-order valence-corrected chi connectivity index (χ0v) is 11.8. The molecule has 1 saturated carbocycles. The van der Waals surface area contributed by atoms with Gasteiger partial charge in [0.1, 0.15) is 0 Å². The lowest BCUT2D eigenvalue weighted by atomic mass is 9.79. The van der Waals surface area contributed by atoms with Crippen LogP contribution in [0.1, 0.15) is 46.0 Å². The van der Waals surface area contributed by atoms with Crippen molar-refractivity contribution in [3.63, 3.8) is 0 Å².